The molecule has 4 rings (SSSR count). The second kappa shape index (κ2) is 10.7. The van der Waals surface area contributed by atoms with Gasteiger partial charge in [0, 0.05) is 0 Å². The maximum absolute atomic E-state index is 13.7. The molecular weight excluding hydrogens is 536 g/mol. The molecule has 1 aliphatic heterocycles. The molecule has 10 nitrogen and oxygen atoms in total. The fourth-order valence-corrected chi connectivity index (χ4v) is 6.56. The van der Waals surface area contributed by atoms with Crippen molar-refractivity contribution in [3.63, 3.8) is 0 Å². The standard InChI is InChI=1S/C24H26N4O6S3/c1-24(2,3)15-10-11-18-17(12-15)28(37(31,32)16-8-6-5-7-9-16)13-19(34-18)21(30)25-22-26-27-23(36-22)35-14-20(29)33-4/h5-12,19H,13-14H2,1-4H3,(H,25,26,30)/t19-/m1/s1. The Hall–Kier alpha value is -3.16. The van der Waals surface area contributed by atoms with Crippen LogP contribution in [0.5, 0.6) is 5.75 Å². The Kier molecular flexibility index (Phi) is 7.76. The Morgan fingerprint density at radius 1 is 1.19 bits per heavy atom. The Labute approximate surface area is 223 Å². The lowest BCUT2D eigenvalue weighted by Gasteiger charge is -2.35. The fraction of sp³-hybridized carbons (Fsp3) is 0.333. The fourth-order valence-electron chi connectivity index (χ4n) is 3.49. The largest absolute Gasteiger partial charge is 0.476 e. The third kappa shape index (κ3) is 6.05. The van der Waals surface area contributed by atoms with Gasteiger partial charge in [-0.2, -0.15) is 0 Å². The predicted octanol–water partition coefficient (Wildman–Crippen LogP) is 3.70. The summed E-state index contributed by atoms with van der Waals surface area (Å²) in [6.07, 6.45) is -1.14. The number of hydrogen-bond donors (Lipinski definition) is 1. The molecule has 1 atom stereocenters. The molecule has 13 heteroatoms. The van der Waals surface area contributed by atoms with Gasteiger partial charge in [-0.1, -0.05) is 68.1 Å². The summed E-state index contributed by atoms with van der Waals surface area (Å²) in [5, 5.41) is 10.7. The Balaban J connectivity index is 1.61. The van der Waals surface area contributed by atoms with E-state index in [0.717, 1.165) is 28.7 Å². The number of benzene rings is 2. The number of sulfonamides is 1. The lowest BCUT2D eigenvalue weighted by atomic mass is 9.86. The first-order valence-electron chi connectivity index (χ1n) is 11.2. The summed E-state index contributed by atoms with van der Waals surface area (Å²) < 4.78 is 39.6. The number of amides is 1. The van der Waals surface area contributed by atoms with Crippen molar-refractivity contribution in [1.82, 2.24) is 10.2 Å². The number of anilines is 2. The first kappa shape index (κ1) is 26.9. The molecule has 2 aromatic carbocycles. The van der Waals surface area contributed by atoms with Gasteiger partial charge in [-0.05, 0) is 35.2 Å². The molecule has 0 saturated carbocycles. The minimum atomic E-state index is -3.99. The molecule has 2 heterocycles. The minimum Gasteiger partial charge on any atom is -0.476 e. The van der Waals surface area contributed by atoms with Gasteiger partial charge in [-0.25, -0.2) is 8.42 Å². The van der Waals surface area contributed by atoms with E-state index in [0.29, 0.717) is 10.0 Å². The monoisotopic (exact) mass is 562 g/mol. The number of thioether (sulfide) groups is 1. The van der Waals surface area contributed by atoms with Crippen LogP contribution >= 0.6 is 23.1 Å². The van der Waals surface area contributed by atoms with E-state index in [-0.39, 0.29) is 33.5 Å². The van der Waals surface area contributed by atoms with Crippen LogP contribution in [0.25, 0.3) is 0 Å². The number of methoxy groups -OCH3 is 1. The summed E-state index contributed by atoms with van der Waals surface area (Å²) in [7, 11) is -2.70. The number of hydrogen-bond acceptors (Lipinski definition) is 10. The third-order valence-corrected chi connectivity index (χ3v) is 9.24. The average molecular weight is 563 g/mol. The van der Waals surface area contributed by atoms with Crippen LogP contribution < -0.4 is 14.4 Å². The Morgan fingerprint density at radius 3 is 2.59 bits per heavy atom. The number of nitrogens with one attached hydrogen (secondary N) is 1. The second-order valence-electron chi connectivity index (χ2n) is 9.12. The van der Waals surface area contributed by atoms with E-state index >= 15 is 0 Å². The summed E-state index contributed by atoms with van der Waals surface area (Å²) >= 11 is 2.22. The van der Waals surface area contributed by atoms with Crippen LogP contribution in [0.3, 0.4) is 0 Å². The number of fused-ring (bicyclic) bond motifs is 1. The number of aromatic nitrogens is 2. The van der Waals surface area contributed by atoms with Crippen LogP contribution in [0.2, 0.25) is 0 Å². The van der Waals surface area contributed by atoms with Gasteiger partial charge >= 0.3 is 5.97 Å². The zero-order valence-corrected chi connectivity index (χ0v) is 23.1. The highest BCUT2D eigenvalue weighted by Gasteiger charge is 2.38. The Morgan fingerprint density at radius 2 is 1.92 bits per heavy atom. The van der Waals surface area contributed by atoms with Crippen LogP contribution in [0.1, 0.15) is 26.3 Å². The minimum absolute atomic E-state index is 0.0600. The highest BCUT2D eigenvalue weighted by Crippen LogP contribution is 2.40. The molecule has 0 spiro atoms. The number of carbonyl (C=O) groups excluding carboxylic acids is 2. The van der Waals surface area contributed by atoms with E-state index in [2.05, 4.69) is 20.3 Å². The molecule has 0 unspecified atom stereocenters. The van der Waals surface area contributed by atoms with Gasteiger partial charge in [0.25, 0.3) is 15.9 Å². The molecule has 0 aliphatic carbocycles. The second-order valence-corrected chi connectivity index (χ2v) is 13.2. The molecule has 3 aromatic rings. The van der Waals surface area contributed by atoms with Crippen LogP contribution in [0.4, 0.5) is 10.8 Å². The molecule has 0 bridgehead atoms. The molecule has 1 N–H and O–H groups in total. The van der Waals surface area contributed by atoms with Crippen molar-refractivity contribution in [3.8, 4) is 5.75 Å². The number of nitrogens with zero attached hydrogens (tertiary/aromatic N) is 3. The summed E-state index contributed by atoms with van der Waals surface area (Å²) in [5.41, 5.74) is 1.07. The molecule has 0 radical (unpaired) electrons. The van der Waals surface area contributed by atoms with Crippen LogP contribution in [-0.4, -0.2) is 56.0 Å². The summed E-state index contributed by atoms with van der Waals surface area (Å²) in [5.74, 6) is -0.635. The molecule has 1 amide bonds. The van der Waals surface area contributed by atoms with E-state index in [4.69, 9.17) is 4.74 Å². The molecule has 37 heavy (non-hydrogen) atoms. The van der Waals surface area contributed by atoms with Gasteiger partial charge in [0.2, 0.25) is 5.13 Å². The van der Waals surface area contributed by atoms with E-state index < -0.39 is 28.0 Å². The van der Waals surface area contributed by atoms with E-state index in [9.17, 15) is 18.0 Å². The molecule has 1 aromatic heterocycles. The van der Waals surface area contributed by atoms with E-state index in [1.165, 1.54) is 23.5 Å². The Bertz CT molecular complexity index is 1400. The third-order valence-electron chi connectivity index (χ3n) is 5.50. The number of ether oxygens (including phenoxy) is 2. The molecule has 0 fully saturated rings. The van der Waals surface area contributed by atoms with Gasteiger partial charge in [-0.15, -0.1) is 10.2 Å². The zero-order chi connectivity index (χ0) is 26.8. The number of rotatable bonds is 7. The normalized spacial score (nSPS) is 15.5. The topological polar surface area (TPSA) is 128 Å². The summed E-state index contributed by atoms with van der Waals surface area (Å²) in [4.78, 5) is 24.6. The summed E-state index contributed by atoms with van der Waals surface area (Å²) in [6.45, 7) is 5.87. The van der Waals surface area contributed by atoms with Crippen molar-refractivity contribution in [1.29, 1.82) is 0 Å². The maximum Gasteiger partial charge on any atom is 0.316 e. The lowest BCUT2D eigenvalue weighted by Crippen LogP contribution is -2.49. The van der Waals surface area contributed by atoms with Crippen LogP contribution in [0, 0.1) is 0 Å². The molecule has 1 aliphatic rings. The van der Waals surface area contributed by atoms with Crippen molar-refractivity contribution >= 4 is 55.8 Å². The average Bonchev–Trinajstić information content (AvgIpc) is 3.33. The first-order chi connectivity index (χ1) is 17.5. The predicted molar refractivity (Wildman–Crippen MR) is 142 cm³/mol. The molecule has 0 saturated heterocycles. The number of esters is 1. The van der Waals surface area contributed by atoms with Crippen molar-refractivity contribution in [3.05, 3.63) is 54.1 Å². The highest BCUT2D eigenvalue weighted by atomic mass is 32.2. The lowest BCUT2D eigenvalue weighted by molar-refractivity contribution is -0.137. The SMILES string of the molecule is COC(=O)CSc1nnc(NC(=O)[C@H]2CN(S(=O)(=O)c3ccccc3)c3cc(C(C)(C)C)ccc3O2)s1. The van der Waals surface area contributed by atoms with Crippen molar-refractivity contribution in [2.24, 2.45) is 0 Å². The van der Waals surface area contributed by atoms with E-state index in [1.807, 2.05) is 26.8 Å². The van der Waals surface area contributed by atoms with Gasteiger partial charge in [0.15, 0.2) is 10.4 Å². The number of carbonyl (C=O) groups is 2. The quantitative estimate of drug-likeness (QED) is 0.260. The van der Waals surface area contributed by atoms with Crippen molar-refractivity contribution < 1.29 is 27.5 Å². The first-order valence-corrected chi connectivity index (χ1v) is 14.5. The van der Waals surface area contributed by atoms with Gasteiger partial charge in [0.1, 0.15) is 5.75 Å². The van der Waals surface area contributed by atoms with Crippen LogP contribution in [0.15, 0.2) is 57.8 Å². The maximum atomic E-state index is 13.7. The van der Waals surface area contributed by atoms with Crippen molar-refractivity contribution in [2.45, 2.75) is 41.5 Å². The zero-order valence-electron chi connectivity index (χ0n) is 20.6. The smallest absolute Gasteiger partial charge is 0.316 e. The highest BCUT2D eigenvalue weighted by molar-refractivity contribution is 8.01. The molecule has 196 valence electrons. The van der Waals surface area contributed by atoms with Crippen molar-refractivity contribution in [2.75, 3.05) is 29.0 Å². The van der Waals surface area contributed by atoms with Gasteiger partial charge < -0.3 is 9.47 Å². The van der Waals surface area contributed by atoms with E-state index in [1.54, 1.807) is 30.3 Å². The van der Waals surface area contributed by atoms with Gasteiger partial charge in [0.05, 0.1) is 30.0 Å². The van der Waals surface area contributed by atoms with Crippen LogP contribution in [-0.2, 0) is 29.8 Å². The molecular formula is C24H26N4O6S3. The van der Waals surface area contributed by atoms with Gasteiger partial charge in [-0.3, -0.25) is 19.2 Å². The summed E-state index contributed by atoms with van der Waals surface area (Å²) in [6, 6.07) is 13.4.